The Labute approximate surface area is 116 Å². The van der Waals surface area contributed by atoms with Crippen LogP contribution in [-0.4, -0.2) is 31.1 Å². The van der Waals surface area contributed by atoms with E-state index in [4.69, 9.17) is 5.73 Å². The van der Waals surface area contributed by atoms with Crippen LogP contribution in [0.25, 0.3) is 0 Å². The molecule has 0 aliphatic heterocycles. The van der Waals surface area contributed by atoms with Gasteiger partial charge < -0.3 is 10.6 Å². The minimum absolute atomic E-state index is 0.435. The first kappa shape index (κ1) is 15.4. The maximum atomic E-state index is 5.92. The van der Waals surface area contributed by atoms with E-state index in [1.165, 1.54) is 28.3 Å². The van der Waals surface area contributed by atoms with Gasteiger partial charge in [-0.1, -0.05) is 13.0 Å². The number of hydrogen-bond acceptors (Lipinski definition) is 3. The third-order valence-electron chi connectivity index (χ3n) is 3.23. The normalized spacial score (nSPS) is 12.5. The van der Waals surface area contributed by atoms with Crippen molar-refractivity contribution in [2.45, 2.75) is 33.2 Å². The fourth-order valence-electron chi connectivity index (χ4n) is 2.20. The lowest BCUT2D eigenvalue weighted by Crippen LogP contribution is -2.38. The fraction of sp³-hybridized carbons (Fsp3) is 0.600. The van der Waals surface area contributed by atoms with Crippen LogP contribution in [-0.2, 0) is 0 Å². The minimum atomic E-state index is 0.435. The maximum Gasteiger partial charge on any atom is 0.0416 e. The number of aryl methyl sites for hydroxylation is 2. The quantitative estimate of drug-likeness (QED) is 0.768. The molecule has 102 valence electrons. The van der Waals surface area contributed by atoms with Crippen molar-refractivity contribution < 1.29 is 0 Å². The van der Waals surface area contributed by atoms with Gasteiger partial charge in [-0.15, -0.1) is 0 Å². The molecule has 2 nitrogen and oxygen atoms in total. The highest BCUT2D eigenvalue weighted by molar-refractivity contribution is 7.99. The Kier molecular flexibility index (Phi) is 6.58. The highest BCUT2D eigenvalue weighted by Crippen LogP contribution is 2.21. The molecule has 0 aliphatic rings. The summed E-state index contributed by atoms with van der Waals surface area (Å²) in [5.74, 6) is 2.37. The Bertz CT molecular complexity index is 345. The number of likely N-dealkylation sites (N-methyl/N-ethyl adjacent to an activating group) is 1. The van der Waals surface area contributed by atoms with Crippen molar-refractivity contribution in [3.8, 4) is 0 Å². The van der Waals surface area contributed by atoms with Crippen LogP contribution in [0.2, 0.25) is 0 Å². The van der Waals surface area contributed by atoms with Crippen LogP contribution in [0.3, 0.4) is 0 Å². The highest BCUT2D eigenvalue weighted by atomic mass is 32.2. The Morgan fingerprint density at radius 3 is 2.33 bits per heavy atom. The molecule has 0 bridgehead atoms. The van der Waals surface area contributed by atoms with Crippen molar-refractivity contribution in [1.82, 2.24) is 0 Å². The van der Waals surface area contributed by atoms with Gasteiger partial charge in [-0.3, -0.25) is 0 Å². The standard InChI is InChI=1S/C15H26N2S/c1-5-18-7-6-14(11-16)17(4)15-9-12(2)8-13(3)10-15/h8-10,14H,5-7,11,16H2,1-4H3. The molecule has 1 aromatic carbocycles. The number of hydrogen-bond donors (Lipinski definition) is 1. The summed E-state index contributed by atoms with van der Waals surface area (Å²) in [6.07, 6.45) is 1.15. The molecule has 0 radical (unpaired) electrons. The summed E-state index contributed by atoms with van der Waals surface area (Å²) >= 11 is 1.99. The van der Waals surface area contributed by atoms with E-state index in [0.29, 0.717) is 12.6 Å². The lowest BCUT2D eigenvalue weighted by molar-refractivity contribution is 0.623. The highest BCUT2D eigenvalue weighted by Gasteiger charge is 2.13. The van der Waals surface area contributed by atoms with Gasteiger partial charge in [0.05, 0.1) is 0 Å². The van der Waals surface area contributed by atoms with Gasteiger partial charge in [-0.25, -0.2) is 0 Å². The summed E-state index contributed by atoms with van der Waals surface area (Å²) in [7, 11) is 2.16. The predicted octanol–water partition coefficient (Wildman–Crippen LogP) is 3.21. The molecule has 1 rings (SSSR count). The van der Waals surface area contributed by atoms with Gasteiger partial charge >= 0.3 is 0 Å². The molecular formula is C15H26N2S. The second kappa shape index (κ2) is 7.70. The van der Waals surface area contributed by atoms with E-state index in [0.717, 1.165) is 6.42 Å². The molecule has 3 heteroatoms. The number of rotatable bonds is 7. The van der Waals surface area contributed by atoms with Gasteiger partial charge in [-0.2, -0.15) is 11.8 Å². The van der Waals surface area contributed by atoms with Crippen LogP contribution in [0.15, 0.2) is 18.2 Å². The van der Waals surface area contributed by atoms with Crippen molar-refractivity contribution in [2.75, 3.05) is 30.0 Å². The summed E-state index contributed by atoms with van der Waals surface area (Å²) in [6, 6.07) is 7.12. The van der Waals surface area contributed by atoms with Crippen LogP contribution in [0.5, 0.6) is 0 Å². The van der Waals surface area contributed by atoms with Crippen molar-refractivity contribution in [2.24, 2.45) is 5.73 Å². The monoisotopic (exact) mass is 266 g/mol. The zero-order chi connectivity index (χ0) is 13.5. The molecule has 0 heterocycles. The van der Waals surface area contributed by atoms with Gasteiger partial charge in [0, 0.05) is 25.3 Å². The van der Waals surface area contributed by atoms with Crippen LogP contribution < -0.4 is 10.6 Å². The van der Waals surface area contributed by atoms with Crippen LogP contribution in [0, 0.1) is 13.8 Å². The first-order valence-electron chi connectivity index (χ1n) is 6.67. The molecule has 0 spiro atoms. The average molecular weight is 266 g/mol. The largest absolute Gasteiger partial charge is 0.370 e. The molecule has 0 amide bonds. The minimum Gasteiger partial charge on any atom is -0.370 e. The second-order valence-corrected chi connectivity index (χ2v) is 6.23. The third kappa shape index (κ3) is 4.54. The molecule has 0 saturated heterocycles. The summed E-state index contributed by atoms with van der Waals surface area (Å²) in [5.41, 5.74) is 9.83. The van der Waals surface area contributed by atoms with E-state index in [1.807, 2.05) is 11.8 Å². The summed E-state index contributed by atoms with van der Waals surface area (Å²) in [5, 5.41) is 0. The zero-order valence-electron chi connectivity index (χ0n) is 12.1. The van der Waals surface area contributed by atoms with Gasteiger partial charge in [-0.05, 0) is 55.0 Å². The van der Waals surface area contributed by atoms with E-state index in [9.17, 15) is 0 Å². The van der Waals surface area contributed by atoms with E-state index in [-0.39, 0.29) is 0 Å². The molecule has 0 aliphatic carbocycles. The van der Waals surface area contributed by atoms with Crippen molar-refractivity contribution in [1.29, 1.82) is 0 Å². The Balaban J connectivity index is 2.72. The van der Waals surface area contributed by atoms with Crippen molar-refractivity contribution in [3.05, 3.63) is 29.3 Å². The number of nitrogens with zero attached hydrogens (tertiary/aromatic N) is 1. The average Bonchev–Trinajstić information content (AvgIpc) is 2.33. The Morgan fingerprint density at radius 2 is 1.83 bits per heavy atom. The predicted molar refractivity (Wildman–Crippen MR) is 84.8 cm³/mol. The van der Waals surface area contributed by atoms with Crippen LogP contribution in [0.1, 0.15) is 24.5 Å². The zero-order valence-corrected chi connectivity index (χ0v) is 12.9. The third-order valence-corrected chi connectivity index (χ3v) is 4.17. The van der Waals surface area contributed by atoms with E-state index < -0.39 is 0 Å². The van der Waals surface area contributed by atoms with E-state index >= 15 is 0 Å². The molecule has 1 aromatic rings. The molecule has 2 N–H and O–H groups in total. The van der Waals surface area contributed by atoms with Gasteiger partial charge in [0.15, 0.2) is 0 Å². The lowest BCUT2D eigenvalue weighted by Gasteiger charge is -2.29. The molecule has 1 unspecified atom stereocenters. The lowest BCUT2D eigenvalue weighted by atomic mass is 10.1. The van der Waals surface area contributed by atoms with Crippen LogP contribution in [0.4, 0.5) is 5.69 Å². The summed E-state index contributed by atoms with van der Waals surface area (Å²) in [4.78, 5) is 2.33. The van der Waals surface area contributed by atoms with Gasteiger partial charge in [0.2, 0.25) is 0 Å². The van der Waals surface area contributed by atoms with E-state index in [2.05, 4.69) is 50.9 Å². The number of thioether (sulfide) groups is 1. The fourth-order valence-corrected chi connectivity index (χ4v) is 2.93. The SMILES string of the molecule is CCSCCC(CN)N(C)c1cc(C)cc(C)c1. The molecule has 1 atom stereocenters. The van der Waals surface area contributed by atoms with Crippen LogP contribution >= 0.6 is 11.8 Å². The first-order chi connectivity index (χ1) is 8.58. The van der Waals surface area contributed by atoms with E-state index in [1.54, 1.807) is 0 Å². The second-order valence-electron chi connectivity index (χ2n) is 4.83. The smallest absolute Gasteiger partial charge is 0.0416 e. The maximum absolute atomic E-state index is 5.92. The topological polar surface area (TPSA) is 29.3 Å². The molecule has 0 aromatic heterocycles. The van der Waals surface area contributed by atoms with Gasteiger partial charge in [0.25, 0.3) is 0 Å². The summed E-state index contributed by atoms with van der Waals surface area (Å²) < 4.78 is 0. The molecule has 0 saturated carbocycles. The number of nitrogens with two attached hydrogens (primary N) is 1. The van der Waals surface area contributed by atoms with Gasteiger partial charge in [0.1, 0.15) is 0 Å². The number of benzene rings is 1. The van der Waals surface area contributed by atoms with Crippen molar-refractivity contribution in [3.63, 3.8) is 0 Å². The summed E-state index contributed by atoms with van der Waals surface area (Å²) in [6.45, 7) is 7.22. The molecular weight excluding hydrogens is 240 g/mol. The Hall–Kier alpha value is -0.670. The number of anilines is 1. The Morgan fingerprint density at radius 1 is 1.22 bits per heavy atom. The van der Waals surface area contributed by atoms with Crippen molar-refractivity contribution >= 4 is 17.4 Å². The molecule has 18 heavy (non-hydrogen) atoms. The first-order valence-corrected chi connectivity index (χ1v) is 7.82. The molecule has 0 fully saturated rings.